The number of fused-ring (bicyclic) bond motifs is 1. The van der Waals surface area contributed by atoms with Gasteiger partial charge in [0.1, 0.15) is 7.85 Å². The zero-order valence-corrected chi connectivity index (χ0v) is 5.07. The summed E-state index contributed by atoms with van der Waals surface area (Å²) in [5.74, 6) is 0.583. The molecule has 1 atom stereocenters. The quantitative estimate of drug-likeness (QED) is 0.390. The molecule has 1 unspecified atom stereocenters. The predicted molar refractivity (Wildman–Crippen MR) is 39.2 cm³/mol. The molecular formula is C4H4BN5. The number of hydrazone groups is 1. The molecule has 0 bridgehead atoms. The van der Waals surface area contributed by atoms with Crippen molar-refractivity contribution < 1.29 is 0 Å². The molecule has 0 fully saturated rings. The molecule has 0 aromatic carbocycles. The number of hydrazine groups is 1. The number of hydrogen-bond donors (Lipinski definition) is 2. The molecule has 0 aliphatic carbocycles. The van der Waals surface area contributed by atoms with E-state index in [9.17, 15) is 0 Å². The third-order valence-electron chi connectivity index (χ3n) is 1.22. The van der Waals surface area contributed by atoms with Gasteiger partial charge >= 0.3 is 0 Å². The van der Waals surface area contributed by atoms with Gasteiger partial charge in [-0.3, -0.25) is 4.99 Å². The van der Waals surface area contributed by atoms with Gasteiger partial charge in [-0.1, -0.05) is 0 Å². The van der Waals surface area contributed by atoms with E-state index in [1.54, 1.807) is 0 Å². The number of hydrogen-bond acceptors (Lipinski definition) is 5. The molecule has 0 saturated heterocycles. The summed E-state index contributed by atoms with van der Waals surface area (Å²) in [6.07, 6.45) is 1.34. The minimum Gasteiger partial charge on any atom is -0.263 e. The van der Waals surface area contributed by atoms with Crippen LogP contribution in [0.15, 0.2) is 15.1 Å². The first-order chi connectivity index (χ1) is 4.86. The summed E-state index contributed by atoms with van der Waals surface area (Å²) in [6, 6.07) is 0. The molecule has 0 aromatic rings. The Kier molecular flexibility index (Phi) is 1.07. The lowest BCUT2D eigenvalue weighted by Crippen LogP contribution is -2.35. The molecule has 48 valence electrons. The molecule has 0 spiro atoms. The summed E-state index contributed by atoms with van der Waals surface area (Å²) < 4.78 is 0. The average molecular weight is 133 g/mol. The summed E-state index contributed by atoms with van der Waals surface area (Å²) in [4.78, 5) is 7.90. The second-order valence-electron chi connectivity index (χ2n) is 1.94. The number of rotatable bonds is 0. The molecule has 2 N–H and O–H groups in total. The summed E-state index contributed by atoms with van der Waals surface area (Å²) in [5.41, 5.74) is 5.70. The van der Waals surface area contributed by atoms with Crippen molar-refractivity contribution in [3.8, 4) is 0 Å². The Hall–Kier alpha value is -1.17. The lowest BCUT2D eigenvalue weighted by molar-refractivity contribution is 0.573. The minimum absolute atomic E-state index is 0.160. The van der Waals surface area contributed by atoms with Crippen LogP contribution in [0.3, 0.4) is 0 Å². The fourth-order valence-electron chi connectivity index (χ4n) is 0.779. The Morgan fingerprint density at radius 2 is 2.50 bits per heavy atom. The van der Waals surface area contributed by atoms with Gasteiger partial charge in [0.2, 0.25) is 0 Å². The molecule has 2 aliphatic rings. The Morgan fingerprint density at radius 1 is 1.60 bits per heavy atom. The number of aliphatic imine (C=N–C) groups is 2. The van der Waals surface area contributed by atoms with E-state index in [4.69, 9.17) is 7.85 Å². The van der Waals surface area contributed by atoms with Gasteiger partial charge in [-0.25, -0.2) is 10.5 Å². The van der Waals surface area contributed by atoms with E-state index >= 15 is 0 Å². The van der Waals surface area contributed by atoms with E-state index in [2.05, 4.69) is 26.0 Å². The van der Waals surface area contributed by atoms with Gasteiger partial charge in [-0.2, -0.15) is 5.43 Å². The van der Waals surface area contributed by atoms with Crippen molar-refractivity contribution in [2.75, 3.05) is 0 Å². The molecule has 0 amide bonds. The molecule has 6 heteroatoms. The van der Waals surface area contributed by atoms with Crippen LogP contribution >= 0.6 is 0 Å². The largest absolute Gasteiger partial charge is 0.263 e. The van der Waals surface area contributed by atoms with Crippen LogP contribution in [-0.4, -0.2) is 31.7 Å². The maximum absolute atomic E-state index is 5.36. The molecule has 10 heavy (non-hydrogen) atoms. The van der Waals surface area contributed by atoms with Crippen molar-refractivity contribution in [1.29, 1.82) is 0 Å². The first kappa shape index (κ1) is 5.61. The van der Waals surface area contributed by atoms with E-state index in [1.807, 2.05) is 0 Å². The highest BCUT2D eigenvalue weighted by molar-refractivity contribution is 6.76. The first-order valence-electron chi connectivity index (χ1n) is 2.82. The third kappa shape index (κ3) is 0.732. The monoisotopic (exact) mass is 133 g/mol. The van der Waals surface area contributed by atoms with Crippen LogP contribution in [0.2, 0.25) is 0 Å². The Morgan fingerprint density at radius 3 is 3.40 bits per heavy atom. The van der Waals surface area contributed by atoms with E-state index in [-0.39, 0.29) is 6.17 Å². The molecule has 2 heterocycles. The highest BCUT2D eigenvalue weighted by Crippen LogP contribution is 2.00. The molecule has 0 aromatic heterocycles. The zero-order valence-electron chi connectivity index (χ0n) is 5.07. The van der Waals surface area contributed by atoms with Crippen LogP contribution in [0.4, 0.5) is 0 Å². The molecule has 5 nitrogen and oxygen atoms in total. The lowest BCUT2D eigenvalue weighted by Gasteiger charge is -2.07. The predicted octanol–water partition coefficient (Wildman–Crippen LogP) is -1.61. The van der Waals surface area contributed by atoms with Crippen LogP contribution in [0, 0.1) is 0 Å². The number of nitrogens with one attached hydrogen (secondary N) is 2. The molecule has 2 rings (SSSR count). The van der Waals surface area contributed by atoms with Crippen molar-refractivity contribution in [1.82, 2.24) is 11.0 Å². The van der Waals surface area contributed by atoms with Crippen LogP contribution in [-0.2, 0) is 0 Å². The van der Waals surface area contributed by atoms with Gasteiger partial charge in [0.25, 0.3) is 0 Å². The van der Waals surface area contributed by atoms with E-state index in [0.717, 1.165) is 0 Å². The Bertz CT molecular complexity index is 242. The minimum atomic E-state index is -0.160. The lowest BCUT2D eigenvalue weighted by atomic mass is 10.0. The van der Waals surface area contributed by atoms with Gasteiger partial charge in [0.05, 0.1) is 0 Å². The van der Waals surface area contributed by atoms with Crippen LogP contribution < -0.4 is 11.0 Å². The second-order valence-corrected chi connectivity index (χ2v) is 1.94. The maximum atomic E-state index is 5.36. The van der Waals surface area contributed by atoms with Gasteiger partial charge in [-0.15, -0.1) is 5.10 Å². The summed E-state index contributed by atoms with van der Waals surface area (Å²) in [7, 11) is 5.36. The maximum Gasteiger partial charge on any atom is 0.190 e. The Labute approximate surface area is 58.7 Å². The Balaban J connectivity index is 2.34. The second kappa shape index (κ2) is 1.91. The summed E-state index contributed by atoms with van der Waals surface area (Å²) in [6.45, 7) is 0. The van der Waals surface area contributed by atoms with Gasteiger partial charge in [0, 0.05) is 11.8 Å². The van der Waals surface area contributed by atoms with Crippen molar-refractivity contribution in [3.05, 3.63) is 0 Å². The van der Waals surface area contributed by atoms with E-state index < -0.39 is 0 Å². The van der Waals surface area contributed by atoms with Gasteiger partial charge < -0.3 is 0 Å². The van der Waals surface area contributed by atoms with Crippen molar-refractivity contribution in [2.45, 2.75) is 6.17 Å². The highest BCUT2D eigenvalue weighted by Gasteiger charge is 2.20. The van der Waals surface area contributed by atoms with Gasteiger partial charge in [0.15, 0.2) is 12.0 Å². The number of amidine groups is 1. The van der Waals surface area contributed by atoms with E-state index in [1.165, 1.54) is 6.21 Å². The van der Waals surface area contributed by atoms with Crippen LogP contribution in [0.1, 0.15) is 0 Å². The fourth-order valence-corrected chi connectivity index (χ4v) is 0.779. The molecule has 2 aliphatic heterocycles. The van der Waals surface area contributed by atoms with Crippen molar-refractivity contribution >= 4 is 25.5 Å². The SMILES string of the molecule is [B]C1=NC2=NNNC2N=C1. The molecule has 2 radical (unpaired) electrons. The van der Waals surface area contributed by atoms with Crippen LogP contribution in [0.25, 0.3) is 0 Å². The standard InChI is InChI=1S/C4H4BN5/c5-2-1-6-3-4(7-2)9-10-8-3/h1,3,8,10H. The van der Waals surface area contributed by atoms with E-state index in [0.29, 0.717) is 11.4 Å². The molecular weight excluding hydrogens is 129 g/mol. The normalized spacial score (nSPS) is 28.6. The topological polar surface area (TPSA) is 61.1 Å². The smallest absolute Gasteiger partial charge is 0.190 e. The van der Waals surface area contributed by atoms with Gasteiger partial charge in [-0.05, 0) is 0 Å². The van der Waals surface area contributed by atoms with Crippen LogP contribution in [0.5, 0.6) is 0 Å². The first-order valence-corrected chi connectivity index (χ1v) is 2.82. The number of nitrogens with zero attached hydrogens (tertiary/aromatic N) is 3. The molecule has 0 saturated carbocycles. The zero-order chi connectivity index (χ0) is 6.97. The third-order valence-corrected chi connectivity index (χ3v) is 1.22. The average Bonchev–Trinajstić information content (AvgIpc) is 2.33. The van der Waals surface area contributed by atoms with Crippen molar-refractivity contribution in [2.24, 2.45) is 15.1 Å². The highest BCUT2D eigenvalue weighted by atomic mass is 15.6. The van der Waals surface area contributed by atoms with Crippen molar-refractivity contribution in [3.63, 3.8) is 0 Å². The summed E-state index contributed by atoms with van der Waals surface area (Å²) >= 11 is 0. The summed E-state index contributed by atoms with van der Waals surface area (Å²) in [5, 5.41) is 3.78. The fraction of sp³-hybridized carbons (Fsp3) is 0.250.